The summed E-state index contributed by atoms with van der Waals surface area (Å²) in [5.74, 6) is -2.51. The summed E-state index contributed by atoms with van der Waals surface area (Å²) in [5, 5.41) is 50.4. The summed E-state index contributed by atoms with van der Waals surface area (Å²) in [6.45, 7) is 17.8. The van der Waals surface area contributed by atoms with Gasteiger partial charge in [0.2, 0.25) is 0 Å². The Morgan fingerprint density at radius 1 is 0.235 bits per heavy atom. The summed E-state index contributed by atoms with van der Waals surface area (Å²) in [6.07, 6.45) is 37.7. The number of hydrogen-bond acceptors (Lipinski definition) is 12. The number of aliphatic hydroxyl groups excluding tert-OH is 3. The van der Waals surface area contributed by atoms with Gasteiger partial charge in [0, 0.05) is 136 Å². The molecule has 0 spiro atoms. The molecule has 5 amide bonds. The maximum absolute atomic E-state index is 17.5. The Labute approximate surface area is 777 Å². The molecular formula is C114H144N6O12. The molecule has 18 heteroatoms. The van der Waals surface area contributed by atoms with Gasteiger partial charge in [-0.25, -0.2) is 0 Å². The number of aliphatic hydroxyl groups is 3. The second kappa shape index (κ2) is 41.4. The lowest BCUT2D eigenvalue weighted by Gasteiger charge is -2.42. The van der Waals surface area contributed by atoms with Crippen LogP contribution in [0.15, 0.2) is 67.7 Å². The van der Waals surface area contributed by atoms with Gasteiger partial charge in [-0.2, -0.15) is 0 Å². The van der Waals surface area contributed by atoms with Crippen LogP contribution in [0, 0.1) is 0 Å². The zero-order valence-electron chi connectivity index (χ0n) is 80.5. The summed E-state index contributed by atoms with van der Waals surface area (Å²) in [7, 11) is 0. The van der Waals surface area contributed by atoms with Gasteiger partial charge in [0.25, 0.3) is 51.8 Å². The van der Waals surface area contributed by atoms with Crippen molar-refractivity contribution in [2.45, 2.75) is 407 Å². The van der Waals surface area contributed by atoms with Crippen LogP contribution in [0.5, 0.6) is 0 Å². The van der Waals surface area contributed by atoms with Crippen LogP contribution >= 0.6 is 0 Å². The zero-order chi connectivity index (χ0) is 92.4. The van der Waals surface area contributed by atoms with E-state index >= 15 is 43.2 Å². The maximum Gasteiger partial charge on any atom is 0.262 e. The number of rotatable bonds is 54. The Morgan fingerprint density at radius 3 is 0.917 bits per heavy atom. The lowest BCUT2D eigenvalue weighted by Crippen LogP contribution is -2.45. The van der Waals surface area contributed by atoms with E-state index in [0.717, 1.165) is 257 Å². The van der Waals surface area contributed by atoms with E-state index in [1.807, 2.05) is 24.3 Å². The van der Waals surface area contributed by atoms with E-state index in [0.29, 0.717) is 154 Å². The third kappa shape index (κ3) is 16.3. The SMILES string of the molecule is CCCCCCCCN1C(=O)c2ccc3c4c(c5c6cc7c8c(cc9c%10c%11c(=O)n(CCCCCCCC)c(=O)c%12ccc%13c(=O)n(CCCCCCCC)c(=O)c(c%13c%12%11)c%10c%10cc%11c%12c(cc(c5c(c24)C1=O)c1c%12c%10c9c8c61)C(=O)N(C(CCCCCCC)CCCCCCC)C%11O)C(O)N(C(CCCCCCC)CCCCCCC)C7=O)C(=O)N(CCCCCCCC)C3O. The molecule has 3 atom stereocenters. The lowest BCUT2D eigenvalue weighted by atomic mass is 9.72. The highest BCUT2D eigenvalue weighted by Crippen LogP contribution is 2.62. The number of hydrogen-bond donors (Lipinski definition) is 3. The first-order chi connectivity index (χ1) is 64.4. The van der Waals surface area contributed by atoms with Crippen molar-refractivity contribution in [1.82, 2.24) is 28.7 Å². The number of benzene rings is 11. The average Bonchev–Trinajstić information content (AvgIpc) is 0.607. The topological polar surface area (TPSA) is 237 Å². The van der Waals surface area contributed by atoms with Crippen LogP contribution in [-0.4, -0.2) is 98.8 Å². The van der Waals surface area contributed by atoms with Gasteiger partial charge in [0.1, 0.15) is 0 Å². The lowest BCUT2D eigenvalue weighted by molar-refractivity contribution is -0.0207. The van der Waals surface area contributed by atoms with Crippen LogP contribution in [0.4, 0.5) is 0 Å². The zero-order valence-corrected chi connectivity index (χ0v) is 80.5. The number of amides is 5. The van der Waals surface area contributed by atoms with E-state index in [1.165, 1.54) is 18.9 Å². The Kier molecular flexibility index (Phi) is 29.6. The van der Waals surface area contributed by atoms with Gasteiger partial charge < -0.3 is 30.0 Å². The summed E-state index contributed by atoms with van der Waals surface area (Å²) < 4.78 is 2.71. The molecule has 18 nitrogen and oxygen atoms in total. The molecule has 702 valence electrons. The monoisotopic (exact) mass is 1790 g/mol. The van der Waals surface area contributed by atoms with E-state index in [4.69, 9.17) is 0 Å². The van der Waals surface area contributed by atoms with Gasteiger partial charge >= 0.3 is 0 Å². The fourth-order valence-corrected chi connectivity index (χ4v) is 24.8. The first-order valence-electron chi connectivity index (χ1n) is 52.7. The van der Waals surface area contributed by atoms with Gasteiger partial charge in [-0.15, -0.1) is 0 Å². The van der Waals surface area contributed by atoms with Crippen LogP contribution in [-0.2, 0) is 13.1 Å². The minimum absolute atomic E-state index is 0.0724. The van der Waals surface area contributed by atoms with Crippen LogP contribution in [0.25, 0.3) is 129 Å². The fraction of sp³-hybridized carbons (Fsp3) is 0.570. The standard InChI is InChI=1S/C114H144N6O12/c1-9-17-25-33-41-49-61-115-103(121)71-57-58-72-86-85(71)99(111(115)129)93-75-65-79-83-81(109(127)119(107(79)125)69(53-45-37-29-21-13-5)54-46-38-30-22-14-6)67-77-91-92-78(96-95(77)101-87-73(105(123)117(113(101)131)63-51-43-35-27-19-11-3)59-60-74-88(87)102(96)114(132)118(106(74)124)64-52-44-36-28-20-12-4)68-82-84-80(108(126)120(110(82)128)70(55-47-39-31-23-15-7)56-48-40-32-24-16-8)66-76(90(98(84)92)89(75)97(83)91)94(93)100(86)112(130)116(104(72)122)62-50-42-34-26-18-10-2/h57-60,65-70,103,109-110,121,127-128H,9-56,61-64H2,1-8H3. The van der Waals surface area contributed by atoms with E-state index in [2.05, 4.69) is 55.4 Å². The maximum atomic E-state index is 17.5. The molecule has 0 saturated heterocycles. The largest absolute Gasteiger partial charge is 0.369 e. The van der Waals surface area contributed by atoms with Crippen LogP contribution in [0.1, 0.15) is 451 Å². The van der Waals surface area contributed by atoms with Gasteiger partial charge in [-0.05, 0) is 148 Å². The Bertz CT molecular complexity index is 6690. The molecule has 4 aliphatic heterocycles. The highest BCUT2D eigenvalue weighted by atomic mass is 16.3. The first-order valence-corrected chi connectivity index (χ1v) is 52.7. The second-order valence-corrected chi connectivity index (χ2v) is 40.4. The minimum Gasteiger partial charge on any atom is -0.369 e. The molecule has 3 N–H and O–H groups in total. The molecule has 17 rings (SSSR count). The van der Waals surface area contributed by atoms with Gasteiger partial charge in [-0.1, -0.05) is 318 Å². The minimum atomic E-state index is -1.61. The fourth-order valence-electron chi connectivity index (χ4n) is 24.8. The number of imide groups is 1. The molecule has 132 heavy (non-hydrogen) atoms. The van der Waals surface area contributed by atoms with Crippen LogP contribution in [0.3, 0.4) is 0 Å². The molecule has 4 aliphatic rings. The van der Waals surface area contributed by atoms with Gasteiger partial charge in [0.05, 0.1) is 21.9 Å². The van der Waals surface area contributed by atoms with Crippen molar-refractivity contribution >= 4 is 159 Å². The number of carbonyl (C=O) groups is 5. The summed E-state index contributed by atoms with van der Waals surface area (Å²) in [4.78, 5) is 159. The van der Waals surface area contributed by atoms with Crippen molar-refractivity contribution in [2.75, 3.05) is 13.1 Å². The van der Waals surface area contributed by atoms with Crippen molar-refractivity contribution in [3.8, 4) is 0 Å². The molecule has 13 aromatic rings. The number of unbranched alkanes of at least 4 members (excludes halogenated alkanes) is 36. The van der Waals surface area contributed by atoms with Crippen molar-refractivity contribution in [1.29, 1.82) is 0 Å². The summed E-state index contributed by atoms with van der Waals surface area (Å²) in [6, 6.07) is 13.5. The van der Waals surface area contributed by atoms with Crippen LogP contribution in [0.2, 0.25) is 0 Å². The molecule has 3 unspecified atom stereocenters. The molecule has 6 heterocycles. The third-order valence-electron chi connectivity index (χ3n) is 31.6. The predicted octanol–water partition coefficient (Wildman–Crippen LogP) is 27.3. The second-order valence-electron chi connectivity index (χ2n) is 40.4. The molecule has 0 radical (unpaired) electrons. The number of carbonyl (C=O) groups excluding carboxylic acids is 5. The highest BCUT2D eigenvalue weighted by Gasteiger charge is 2.48. The normalized spacial score (nSPS) is 16.1. The Morgan fingerprint density at radius 2 is 0.545 bits per heavy atom. The van der Waals surface area contributed by atoms with Crippen molar-refractivity contribution < 1.29 is 39.3 Å². The smallest absolute Gasteiger partial charge is 0.262 e. The molecule has 0 bridgehead atoms. The molecule has 0 fully saturated rings. The summed E-state index contributed by atoms with van der Waals surface area (Å²) >= 11 is 0. The molecule has 11 aromatic carbocycles. The molecule has 2 aromatic heterocycles. The number of pyridine rings is 2. The Balaban J connectivity index is 1.10. The van der Waals surface area contributed by atoms with Gasteiger partial charge in [0.15, 0.2) is 18.7 Å². The van der Waals surface area contributed by atoms with E-state index in [-0.39, 0.29) is 97.1 Å². The quantitative estimate of drug-likeness (QED) is 0.0140. The molecule has 0 saturated carbocycles. The average molecular weight is 1790 g/mol. The first kappa shape index (κ1) is 94.3. The van der Waals surface area contributed by atoms with Crippen LogP contribution < -0.4 is 22.2 Å². The van der Waals surface area contributed by atoms with Crippen molar-refractivity contribution in [3.63, 3.8) is 0 Å². The number of aromatic nitrogens is 2. The van der Waals surface area contributed by atoms with E-state index < -0.39 is 82.5 Å². The Hall–Kier alpha value is -9.49. The predicted molar refractivity (Wildman–Crippen MR) is 542 cm³/mol. The van der Waals surface area contributed by atoms with Crippen molar-refractivity contribution in [2.24, 2.45) is 0 Å². The van der Waals surface area contributed by atoms with E-state index in [1.54, 1.807) is 34.1 Å². The summed E-state index contributed by atoms with van der Waals surface area (Å²) in [5.41, 5.74) is -0.295. The molecule has 0 aliphatic carbocycles. The number of nitrogens with zero attached hydrogens (tertiary/aromatic N) is 6. The van der Waals surface area contributed by atoms with E-state index in [9.17, 15) is 15.3 Å². The van der Waals surface area contributed by atoms with Crippen molar-refractivity contribution in [3.05, 3.63) is 134 Å². The van der Waals surface area contributed by atoms with Gasteiger partial charge in [-0.3, -0.25) is 57.2 Å². The highest BCUT2D eigenvalue weighted by molar-refractivity contribution is 6.57. The third-order valence-corrected chi connectivity index (χ3v) is 31.6. The molecular weight excluding hydrogens is 1650 g/mol. The number of fused-ring (bicyclic) bond motifs is 10.